The summed E-state index contributed by atoms with van der Waals surface area (Å²) in [5, 5.41) is 17.0. The first-order valence-corrected chi connectivity index (χ1v) is 18.1. The van der Waals surface area contributed by atoms with Gasteiger partial charge in [-0.2, -0.15) is 0 Å². The van der Waals surface area contributed by atoms with Crippen LogP contribution in [-0.4, -0.2) is 52.1 Å². The number of rotatable bonds is 2. The molecule has 0 unspecified atom stereocenters. The predicted octanol–water partition coefficient (Wildman–Crippen LogP) is 2.49. The molecule has 1 aliphatic rings. The predicted molar refractivity (Wildman–Crippen MR) is 72.5 cm³/mol. The Morgan fingerprint density at radius 1 is 0.800 bits per heavy atom. The van der Waals surface area contributed by atoms with Gasteiger partial charge in [-0.25, -0.2) is 0 Å². The molecule has 0 aliphatic heterocycles. The van der Waals surface area contributed by atoms with Gasteiger partial charge in [-0.05, 0) is 12.8 Å². The van der Waals surface area contributed by atoms with Crippen LogP contribution in [0.5, 0.6) is 0 Å². The van der Waals surface area contributed by atoms with Gasteiger partial charge in [0.1, 0.15) is 0 Å². The van der Waals surface area contributed by atoms with Crippen molar-refractivity contribution in [3.8, 4) is 0 Å². The van der Waals surface area contributed by atoms with Crippen molar-refractivity contribution < 1.29 is 10.2 Å². The van der Waals surface area contributed by atoms with Crippen molar-refractivity contribution in [2.45, 2.75) is 47.4 Å². The van der Waals surface area contributed by atoms with E-state index in [1.807, 2.05) is 0 Å². The van der Waals surface area contributed by atoms with Gasteiger partial charge in [0, 0.05) is 5.41 Å². The van der Waals surface area contributed by atoms with E-state index in [9.17, 15) is 0 Å². The zero-order valence-electron chi connectivity index (χ0n) is 11.2. The molecule has 0 heterocycles. The summed E-state index contributed by atoms with van der Waals surface area (Å²) in [6, 6.07) is 0. The zero-order chi connectivity index (χ0) is 12.5. The second-order valence-electron chi connectivity index (χ2n) is 5.32. The van der Waals surface area contributed by atoms with E-state index in [4.69, 9.17) is 10.2 Å². The topological polar surface area (TPSA) is 40.5 Å². The van der Waals surface area contributed by atoms with E-state index < -0.39 is 0 Å². The second-order valence-corrected chi connectivity index (χ2v) is 17.9. The molecule has 1 rings (SSSR count). The molecule has 1 fully saturated rings. The Kier molecular flexibility index (Phi) is 12.5. The third-order valence-corrected chi connectivity index (χ3v) is 1.63. The average Bonchev–Trinajstić information content (AvgIpc) is 2.82. The van der Waals surface area contributed by atoms with E-state index >= 15 is 0 Å². The fourth-order valence-electron chi connectivity index (χ4n) is 0.543. The van der Waals surface area contributed by atoms with Crippen LogP contribution in [-0.2, 0) is 0 Å². The van der Waals surface area contributed by atoms with Gasteiger partial charge in [0.05, 0.1) is 13.2 Å². The van der Waals surface area contributed by atoms with Crippen LogP contribution in [0.25, 0.3) is 0 Å². The van der Waals surface area contributed by atoms with Crippen molar-refractivity contribution in [2.75, 3.05) is 13.2 Å². The molecule has 0 aromatic carbocycles. The minimum absolute atomic E-state index is 0.0556. The molecule has 0 bridgehead atoms. The first kappa shape index (κ1) is 18.4. The van der Waals surface area contributed by atoms with Gasteiger partial charge in [-0.1, -0.05) is 0 Å². The number of hydrogen-bond acceptors (Lipinski definition) is 2. The van der Waals surface area contributed by atoms with Crippen LogP contribution >= 0.6 is 0 Å². The Morgan fingerprint density at radius 3 is 1.00 bits per heavy atom. The quantitative estimate of drug-likeness (QED) is 0.760. The zero-order valence-corrected chi connectivity index (χ0v) is 15.4. The molecule has 92 valence electrons. The SMILES string of the molecule is OCC1(CO)CC1.[CH3][Ge]([CH3])[CH3].[CH3][Ge]([CH3])[CH3]. The molecular formula is C11H28Ge2O2. The number of hydrogen-bond donors (Lipinski definition) is 2. The van der Waals surface area contributed by atoms with Crippen molar-refractivity contribution in [3.63, 3.8) is 0 Å². The van der Waals surface area contributed by atoms with Gasteiger partial charge in [0.25, 0.3) is 0 Å². The second kappa shape index (κ2) is 10.2. The van der Waals surface area contributed by atoms with E-state index in [0.717, 1.165) is 12.8 Å². The third kappa shape index (κ3) is 17.6. The van der Waals surface area contributed by atoms with Crippen molar-refractivity contribution in [2.24, 2.45) is 5.41 Å². The molecule has 0 aromatic heterocycles. The molecule has 1 aliphatic carbocycles. The maximum absolute atomic E-state index is 8.50. The van der Waals surface area contributed by atoms with Crippen LogP contribution in [0.3, 0.4) is 0 Å². The fraction of sp³-hybridized carbons (Fsp3) is 1.00. The molecule has 0 spiro atoms. The summed E-state index contributed by atoms with van der Waals surface area (Å²) in [6.07, 6.45) is 2.00. The molecule has 2 N–H and O–H groups in total. The van der Waals surface area contributed by atoms with Gasteiger partial charge in [-0.3, -0.25) is 0 Å². The Bertz CT molecular complexity index is 117. The Morgan fingerprint density at radius 2 is 1.00 bits per heavy atom. The Hall–Kier alpha value is 1.01. The summed E-state index contributed by atoms with van der Waals surface area (Å²) in [5.74, 6) is 14.0. The molecule has 0 saturated heterocycles. The van der Waals surface area contributed by atoms with Gasteiger partial charge in [0.15, 0.2) is 0 Å². The van der Waals surface area contributed by atoms with Crippen LogP contribution in [0.2, 0.25) is 34.5 Å². The molecule has 2 radical (unpaired) electrons. The molecular weight excluding hydrogens is 309 g/mol. The van der Waals surface area contributed by atoms with Gasteiger partial charge >= 0.3 is 63.2 Å². The minimum atomic E-state index is -0.333. The molecule has 15 heavy (non-hydrogen) atoms. The van der Waals surface area contributed by atoms with Crippen LogP contribution in [0.15, 0.2) is 0 Å². The monoisotopic (exact) mass is 340 g/mol. The molecule has 0 aromatic rings. The van der Waals surface area contributed by atoms with Gasteiger partial charge in [0.2, 0.25) is 0 Å². The van der Waals surface area contributed by atoms with E-state index in [1.54, 1.807) is 0 Å². The summed E-state index contributed by atoms with van der Waals surface area (Å²) in [4.78, 5) is 0. The summed E-state index contributed by atoms with van der Waals surface area (Å²) >= 11 is -0.667. The Labute approximate surface area is 105 Å². The first-order valence-electron chi connectivity index (χ1n) is 5.55. The van der Waals surface area contributed by atoms with Gasteiger partial charge in [-0.15, -0.1) is 0 Å². The Balaban J connectivity index is 0. The van der Waals surface area contributed by atoms with Gasteiger partial charge < -0.3 is 10.2 Å². The fourth-order valence-corrected chi connectivity index (χ4v) is 0.543. The maximum atomic E-state index is 8.50. The molecule has 2 nitrogen and oxygen atoms in total. The van der Waals surface area contributed by atoms with Crippen molar-refractivity contribution in [1.82, 2.24) is 0 Å². The summed E-state index contributed by atoms with van der Waals surface area (Å²) in [7, 11) is 0. The average molecular weight is 338 g/mol. The number of aliphatic hydroxyl groups is 2. The van der Waals surface area contributed by atoms with Crippen molar-refractivity contribution in [3.05, 3.63) is 0 Å². The van der Waals surface area contributed by atoms with Crippen molar-refractivity contribution in [1.29, 1.82) is 0 Å². The van der Waals surface area contributed by atoms with Crippen LogP contribution in [0.4, 0.5) is 0 Å². The van der Waals surface area contributed by atoms with Crippen LogP contribution < -0.4 is 0 Å². The summed E-state index contributed by atoms with van der Waals surface area (Å²) < 4.78 is 0. The van der Waals surface area contributed by atoms with Crippen molar-refractivity contribution >= 4 is 28.7 Å². The summed E-state index contributed by atoms with van der Waals surface area (Å²) in [6.45, 7) is 0.312. The van der Waals surface area contributed by atoms with E-state index in [1.165, 1.54) is 0 Å². The molecule has 0 amide bonds. The normalized spacial score (nSPS) is 16.4. The molecule has 4 heteroatoms. The molecule has 0 atom stereocenters. The third-order valence-electron chi connectivity index (χ3n) is 1.63. The number of aliphatic hydroxyl groups excluding tert-OH is 2. The summed E-state index contributed by atoms with van der Waals surface area (Å²) in [5.41, 5.74) is -0.0556. The molecule has 1 saturated carbocycles. The van der Waals surface area contributed by atoms with Crippen LogP contribution in [0.1, 0.15) is 12.8 Å². The van der Waals surface area contributed by atoms with E-state index in [2.05, 4.69) is 34.5 Å². The van der Waals surface area contributed by atoms with E-state index in [0.29, 0.717) is 0 Å². The standard InChI is InChI=1S/C5H10O2.2C3H9Ge/c6-3-5(4-7)1-2-5;2*1-4(2)3/h6-7H,1-4H2;2*1-3H3. The first-order chi connectivity index (χ1) is 6.79. The van der Waals surface area contributed by atoms with Crippen LogP contribution in [0, 0.1) is 5.41 Å². The van der Waals surface area contributed by atoms with E-state index in [-0.39, 0.29) is 47.3 Å².